The number of amides is 1. The fraction of sp³-hybridized carbons (Fsp3) is 0.929. The molecule has 0 aliphatic heterocycles. The fourth-order valence-electron chi connectivity index (χ4n) is 1.76. The van der Waals surface area contributed by atoms with Crippen LogP contribution in [0.25, 0.3) is 0 Å². The molecule has 2 atom stereocenters. The molecule has 0 aromatic rings. The van der Waals surface area contributed by atoms with Crippen LogP contribution < -0.4 is 10.6 Å². The maximum Gasteiger partial charge on any atom is 0.401 e. The molecule has 0 radical (unpaired) electrons. The Hall–Kier alpha value is -0.820. The van der Waals surface area contributed by atoms with Crippen LogP contribution in [-0.4, -0.2) is 55.7 Å². The minimum absolute atomic E-state index is 0.124. The van der Waals surface area contributed by atoms with E-state index in [1.807, 2.05) is 6.92 Å². The van der Waals surface area contributed by atoms with Gasteiger partial charge in [-0.3, -0.25) is 9.69 Å². The summed E-state index contributed by atoms with van der Waals surface area (Å²) in [6.07, 6.45) is -3.69. The van der Waals surface area contributed by atoms with Crippen molar-refractivity contribution in [2.45, 2.75) is 52.4 Å². The van der Waals surface area contributed by atoms with Gasteiger partial charge < -0.3 is 10.6 Å². The van der Waals surface area contributed by atoms with Crippen LogP contribution in [0.5, 0.6) is 0 Å². The van der Waals surface area contributed by atoms with Crippen LogP contribution in [-0.2, 0) is 4.79 Å². The van der Waals surface area contributed by atoms with Gasteiger partial charge in [-0.2, -0.15) is 13.2 Å². The molecular formula is C14H28F3N3O. The molecule has 0 aromatic carbocycles. The summed E-state index contributed by atoms with van der Waals surface area (Å²) < 4.78 is 36.3. The van der Waals surface area contributed by atoms with Crippen molar-refractivity contribution in [3.63, 3.8) is 0 Å². The van der Waals surface area contributed by atoms with Crippen LogP contribution in [0.1, 0.15) is 34.1 Å². The number of carbonyl (C=O) groups is 1. The van der Waals surface area contributed by atoms with Crippen molar-refractivity contribution in [3.05, 3.63) is 0 Å². The molecule has 2 N–H and O–H groups in total. The predicted octanol–water partition coefficient (Wildman–Crippen LogP) is 2.01. The molecule has 21 heavy (non-hydrogen) atoms. The van der Waals surface area contributed by atoms with Gasteiger partial charge in [-0.05, 0) is 39.8 Å². The van der Waals surface area contributed by atoms with Gasteiger partial charge in [-0.15, -0.1) is 0 Å². The van der Waals surface area contributed by atoms with Gasteiger partial charge in [0.2, 0.25) is 5.91 Å². The number of hydrogen-bond acceptors (Lipinski definition) is 3. The molecule has 126 valence electrons. The highest BCUT2D eigenvalue weighted by Gasteiger charge is 2.28. The average molecular weight is 311 g/mol. The first-order valence-corrected chi connectivity index (χ1v) is 7.32. The zero-order valence-electron chi connectivity index (χ0n) is 13.5. The van der Waals surface area contributed by atoms with E-state index in [2.05, 4.69) is 24.5 Å². The molecule has 0 saturated heterocycles. The number of hydrogen-bond donors (Lipinski definition) is 2. The van der Waals surface area contributed by atoms with E-state index >= 15 is 0 Å². The summed E-state index contributed by atoms with van der Waals surface area (Å²) in [5.74, 6) is 0.303. The second-order valence-corrected chi connectivity index (χ2v) is 5.92. The summed E-state index contributed by atoms with van der Waals surface area (Å²) in [7, 11) is 1.42. The summed E-state index contributed by atoms with van der Waals surface area (Å²) in [5.41, 5.74) is 0. The Morgan fingerprint density at radius 2 is 1.76 bits per heavy atom. The first kappa shape index (κ1) is 20.2. The molecule has 7 heteroatoms. The van der Waals surface area contributed by atoms with Crippen molar-refractivity contribution >= 4 is 5.91 Å². The molecule has 0 rings (SSSR count). The molecule has 0 heterocycles. The van der Waals surface area contributed by atoms with Gasteiger partial charge in [0.25, 0.3) is 0 Å². The molecule has 0 bridgehead atoms. The molecule has 4 nitrogen and oxygen atoms in total. The van der Waals surface area contributed by atoms with Gasteiger partial charge >= 0.3 is 6.18 Å². The largest absolute Gasteiger partial charge is 0.401 e. The number of rotatable bonds is 9. The molecule has 0 aliphatic carbocycles. The van der Waals surface area contributed by atoms with Crippen molar-refractivity contribution in [1.82, 2.24) is 15.5 Å². The lowest BCUT2D eigenvalue weighted by Gasteiger charge is -2.22. The second-order valence-electron chi connectivity index (χ2n) is 5.92. The zero-order chi connectivity index (χ0) is 16.6. The standard InChI is InChI=1S/C14H28F3N3O/c1-10(2)11(3)19-12(4)13(21)18-7-6-8-20(5)9-14(15,16)17/h10-12,19H,6-9H2,1-5H3,(H,18,21). The maximum absolute atomic E-state index is 12.1. The second kappa shape index (κ2) is 9.25. The van der Waals surface area contributed by atoms with Gasteiger partial charge in [0.05, 0.1) is 12.6 Å². The van der Waals surface area contributed by atoms with E-state index in [0.717, 1.165) is 0 Å². The van der Waals surface area contributed by atoms with E-state index in [1.165, 1.54) is 11.9 Å². The van der Waals surface area contributed by atoms with Gasteiger partial charge in [0, 0.05) is 12.6 Å². The van der Waals surface area contributed by atoms with Crippen molar-refractivity contribution in [1.29, 1.82) is 0 Å². The van der Waals surface area contributed by atoms with Crippen molar-refractivity contribution < 1.29 is 18.0 Å². The minimum Gasteiger partial charge on any atom is -0.355 e. The molecule has 0 fully saturated rings. The highest BCUT2D eigenvalue weighted by atomic mass is 19.4. The Kier molecular flexibility index (Phi) is 8.89. The molecular weight excluding hydrogens is 283 g/mol. The third-order valence-corrected chi connectivity index (χ3v) is 3.37. The van der Waals surface area contributed by atoms with E-state index in [0.29, 0.717) is 25.4 Å². The maximum atomic E-state index is 12.1. The van der Waals surface area contributed by atoms with E-state index in [9.17, 15) is 18.0 Å². The Morgan fingerprint density at radius 1 is 1.19 bits per heavy atom. The Labute approximate surface area is 125 Å². The quantitative estimate of drug-likeness (QED) is 0.640. The van der Waals surface area contributed by atoms with Gasteiger partial charge in [-0.25, -0.2) is 0 Å². The van der Waals surface area contributed by atoms with E-state index in [4.69, 9.17) is 0 Å². The topological polar surface area (TPSA) is 44.4 Å². The summed E-state index contributed by atoms with van der Waals surface area (Å²) in [5, 5.41) is 5.92. The number of carbonyl (C=O) groups excluding carboxylic acids is 1. The minimum atomic E-state index is -4.18. The van der Waals surface area contributed by atoms with E-state index < -0.39 is 12.7 Å². The lowest BCUT2D eigenvalue weighted by atomic mass is 10.1. The average Bonchev–Trinajstić information content (AvgIpc) is 2.31. The lowest BCUT2D eigenvalue weighted by Crippen LogP contribution is -2.47. The lowest BCUT2D eigenvalue weighted by molar-refractivity contribution is -0.143. The van der Waals surface area contributed by atoms with Gasteiger partial charge in [-0.1, -0.05) is 13.8 Å². The van der Waals surface area contributed by atoms with Crippen LogP contribution in [0.15, 0.2) is 0 Å². The van der Waals surface area contributed by atoms with Crippen LogP contribution in [0.4, 0.5) is 13.2 Å². The molecule has 0 spiro atoms. The van der Waals surface area contributed by atoms with Gasteiger partial charge in [0.1, 0.15) is 0 Å². The van der Waals surface area contributed by atoms with Crippen molar-refractivity contribution in [3.8, 4) is 0 Å². The third kappa shape index (κ3) is 10.5. The number of nitrogens with one attached hydrogen (secondary N) is 2. The molecule has 0 saturated carbocycles. The number of alkyl halides is 3. The molecule has 1 amide bonds. The summed E-state index contributed by atoms with van der Waals surface area (Å²) in [6, 6.07) is -0.0843. The first-order valence-electron chi connectivity index (χ1n) is 7.32. The van der Waals surface area contributed by atoms with Crippen molar-refractivity contribution in [2.75, 3.05) is 26.7 Å². The van der Waals surface area contributed by atoms with Gasteiger partial charge in [0.15, 0.2) is 0 Å². The zero-order valence-corrected chi connectivity index (χ0v) is 13.5. The molecule has 2 unspecified atom stereocenters. The normalized spacial score (nSPS) is 15.3. The van der Waals surface area contributed by atoms with Crippen LogP contribution in [0, 0.1) is 5.92 Å². The van der Waals surface area contributed by atoms with Crippen LogP contribution in [0.2, 0.25) is 0 Å². The van der Waals surface area contributed by atoms with E-state index in [-0.39, 0.29) is 18.0 Å². The Balaban J connectivity index is 3.84. The van der Waals surface area contributed by atoms with Crippen LogP contribution >= 0.6 is 0 Å². The Bertz CT molecular complexity index is 308. The smallest absolute Gasteiger partial charge is 0.355 e. The highest BCUT2D eigenvalue weighted by molar-refractivity contribution is 5.81. The highest BCUT2D eigenvalue weighted by Crippen LogP contribution is 2.15. The molecule has 0 aromatic heterocycles. The number of halogens is 3. The monoisotopic (exact) mass is 311 g/mol. The summed E-state index contributed by atoms with van der Waals surface area (Å²) in [4.78, 5) is 13.0. The SMILES string of the molecule is CC(NC(C)C(C)C)C(=O)NCCCN(C)CC(F)(F)F. The van der Waals surface area contributed by atoms with Crippen LogP contribution in [0.3, 0.4) is 0 Å². The third-order valence-electron chi connectivity index (χ3n) is 3.37. The predicted molar refractivity (Wildman–Crippen MR) is 78.1 cm³/mol. The van der Waals surface area contributed by atoms with Crippen molar-refractivity contribution in [2.24, 2.45) is 5.92 Å². The number of nitrogens with zero attached hydrogens (tertiary/aromatic N) is 1. The Morgan fingerprint density at radius 3 is 2.24 bits per heavy atom. The molecule has 0 aliphatic rings. The van der Waals surface area contributed by atoms with E-state index in [1.54, 1.807) is 6.92 Å². The fourth-order valence-corrected chi connectivity index (χ4v) is 1.76. The summed E-state index contributed by atoms with van der Waals surface area (Å²) in [6.45, 7) is 7.68. The first-order chi connectivity index (χ1) is 9.53. The summed E-state index contributed by atoms with van der Waals surface area (Å²) >= 11 is 0.